The molecular formula is C24H22Cl2FN5O. The van der Waals surface area contributed by atoms with Gasteiger partial charge in [-0.1, -0.05) is 29.3 Å². The van der Waals surface area contributed by atoms with Gasteiger partial charge in [0.25, 0.3) is 0 Å². The number of hydrogen-bond acceptors (Lipinski definition) is 5. The van der Waals surface area contributed by atoms with E-state index in [0.29, 0.717) is 22.5 Å². The van der Waals surface area contributed by atoms with E-state index in [1.165, 1.54) is 18.5 Å². The Morgan fingerprint density at radius 1 is 1.12 bits per heavy atom. The lowest BCUT2D eigenvalue weighted by Crippen LogP contribution is -2.29. The van der Waals surface area contributed by atoms with Crippen LogP contribution in [-0.4, -0.2) is 32.8 Å². The van der Waals surface area contributed by atoms with Crippen molar-refractivity contribution < 1.29 is 9.13 Å². The molecule has 0 aliphatic carbocycles. The average molecular weight is 486 g/mol. The first kappa shape index (κ1) is 22.1. The lowest BCUT2D eigenvalue weighted by Gasteiger charge is -2.22. The van der Waals surface area contributed by atoms with Gasteiger partial charge < -0.3 is 10.1 Å². The molecule has 1 unspecified atom stereocenters. The highest BCUT2D eigenvalue weighted by molar-refractivity contribution is 6.36. The van der Waals surface area contributed by atoms with Crippen molar-refractivity contribution >= 4 is 34.1 Å². The van der Waals surface area contributed by atoms with Crippen molar-refractivity contribution in [1.29, 1.82) is 0 Å². The molecule has 0 bridgehead atoms. The minimum atomic E-state index is -0.620. The maximum Gasteiger partial charge on any atom is 0.225 e. The maximum atomic E-state index is 14.0. The van der Waals surface area contributed by atoms with Gasteiger partial charge in [-0.25, -0.2) is 14.4 Å². The third kappa shape index (κ3) is 4.40. The van der Waals surface area contributed by atoms with Crippen LogP contribution >= 0.6 is 23.2 Å². The lowest BCUT2D eigenvalue weighted by molar-refractivity contribution is 0.220. The molecule has 4 aromatic rings. The number of halogens is 3. The molecule has 3 heterocycles. The molecule has 0 radical (unpaired) electrons. The van der Waals surface area contributed by atoms with E-state index >= 15 is 0 Å². The van der Waals surface area contributed by atoms with Gasteiger partial charge in [0.1, 0.15) is 18.2 Å². The molecule has 2 aromatic heterocycles. The normalized spacial score (nSPS) is 15.6. The molecule has 33 heavy (non-hydrogen) atoms. The summed E-state index contributed by atoms with van der Waals surface area (Å²) in [6.07, 6.45) is 6.90. The van der Waals surface area contributed by atoms with Crippen LogP contribution in [-0.2, 0) is 0 Å². The fraction of sp³-hybridized carbons (Fsp3) is 0.292. The summed E-state index contributed by atoms with van der Waals surface area (Å²) in [5, 5.41) is 8.99. The Bertz CT molecular complexity index is 1310. The number of ether oxygens (including phenoxy) is 1. The van der Waals surface area contributed by atoms with Gasteiger partial charge in [0.05, 0.1) is 28.2 Å². The highest BCUT2D eigenvalue weighted by Gasteiger charge is 2.21. The Morgan fingerprint density at radius 3 is 2.76 bits per heavy atom. The van der Waals surface area contributed by atoms with Crippen LogP contribution in [0.3, 0.4) is 0 Å². The van der Waals surface area contributed by atoms with Crippen LogP contribution in [0.25, 0.3) is 22.0 Å². The topological polar surface area (TPSA) is 64.9 Å². The molecule has 170 valence electrons. The van der Waals surface area contributed by atoms with E-state index in [1.807, 2.05) is 24.4 Å². The van der Waals surface area contributed by atoms with Gasteiger partial charge in [0.2, 0.25) is 5.88 Å². The number of fused-ring (bicyclic) bond motifs is 1. The van der Waals surface area contributed by atoms with E-state index in [0.717, 1.165) is 48.0 Å². The molecule has 1 atom stereocenters. The molecule has 0 spiro atoms. The number of nitrogens with one attached hydrogen (secondary N) is 1. The molecule has 0 saturated carbocycles. The predicted molar refractivity (Wildman–Crippen MR) is 127 cm³/mol. The zero-order valence-electron chi connectivity index (χ0n) is 17.9. The van der Waals surface area contributed by atoms with Crippen LogP contribution in [0, 0.1) is 5.82 Å². The van der Waals surface area contributed by atoms with Crippen molar-refractivity contribution in [1.82, 2.24) is 25.1 Å². The molecule has 9 heteroatoms. The summed E-state index contributed by atoms with van der Waals surface area (Å²) in [4.78, 5) is 8.68. The van der Waals surface area contributed by atoms with Gasteiger partial charge in [-0.2, -0.15) is 5.10 Å². The largest absolute Gasteiger partial charge is 0.469 e. The SMILES string of the molecule is CC(Oc1ncnc2ccc(-c3cnn(C4CCNCC4)c3)cc12)c1c(Cl)ccc(F)c1Cl. The first-order valence-electron chi connectivity index (χ1n) is 10.8. The van der Waals surface area contributed by atoms with Gasteiger partial charge in [-0.3, -0.25) is 4.68 Å². The van der Waals surface area contributed by atoms with Crippen molar-refractivity contribution in [2.24, 2.45) is 0 Å². The predicted octanol–water partition coefficient (Wildman–Crippen LogP) is 6.00. The monoisotopic (exact) mass is 485 g/mol. The standard InChI is InChI=1S/C24H22Cl2FN5O/c1-14(22-19(25)3-4-20(27)23(22)26)33-24-18-10-15(2-5-21(18)29-13-30-24)16-11-31-32(12-16)17-6-8-28-9-7-17/h2-5,10-14,17,28H,6-9H2,1H3. The summed E-state index contributed by atoms with van der Waals surface area (Å²) in [5.74, 6) is -0.177. The Balaban J connectivity index is 1.47. The highest BCUT2D eigenvalue weighted by atomic mass is 35.5. The fourth-order valence-corrected chi connectivity index (χ4v) is 4.88. The molecule has 1 aliphatic heterocycles. The third-order valence-electron chi connectivity index (χ3n) is 5.99. The van der Waals surface area contributed by atoms with Crippen LogP contribution in [0.5, 0.6) is 5.88 Å². The van der Waals surface area contributed by atoms with Gasteiger partial charge in [-0.15, -0.1) is 0 Å². The van der Waals surface area contributed by atoms with Crippen LogP contribution in [0.1, 0.15) is 37.5 Å². The zero-order valence-corrected chi connectivity index (χ0v) is 19.4. The smallest absolute Gasteiger partial charge is 0.225 e. The van der Waals surface area contributed by atoms with E-state index in [4.69, 9.17) is 27.9 Å². The Morgan fingerprint density at radius 2 is 1.94 bits per heavy atom. The van der Waals surface area contributed by atoms with Gasteiger partial charge >= 0.3 is 0 Å². The summed E-state index contributed by atoms with van der Waals surface area (Å²) in [5.41, 5.74) is 3.11. The van der Waals surface area contributed by atoms with Crippen molar-refractivity contribution in [2.75, 3.05) is 13.1 Å². The van der Waals surface area contributed by atoms with Crippen molar-refractivity contribution in [3.8, 4) is 17.0 Å². The second kappa shape index (κ2) is 9.25. The number of rotatable bonds is 5. The van der Waals surface area contributed by atoms with Crippen LogP contribution in [0.4, 0.5) is 4.39 Å². The fourth-order valence-electron chi connectivity index (χ4n) is 4.21. The first-order valence-corrected chi connectivity index (χ1v) is 11.6. The molecule has 0 amide bonds. The van der Waals surface area contributed by atoms with Gasteiger partial charge in [0.15, 0.2) is 0 Å². The summed E-state index contributed by atoms with van der Waals surface area (Å²) in [6.45, 7) is 3.77. The number of benzene rings is 2. The van der Waals surface area contributed by atoms with E-state index in [-0.39, 0.29) is 5.02 Å². The molecule has 2 aromatic carbocycles. The summed E-state index contributed by atoms with van der Waals surface area (Å²) in [7, 11) is 0. The molecule has 1 aliphatic rings. The van der Waals surface area contributed by atoms with Crippen LogP contribution < -0.4 is 10.1 Å². The van der Waals surface area contributed by atoms with E-state index in [9.17, 15) is 4.39 Å². The Kier molecular flexibility index (Phi) is 6.19. The van der Waals surface area contributed by atoms with Crippen molar-refractivity contribution in [3.05, 3.63) is 70.5 Å². The van der Waals surface area contributed by atoms with E-state index in [2.05, 4.69) is 31.3 Å². The first-order chi connectivity index (χ1) is 16.0. The second-order valence-electron chi connectivity index (χ2n) is 8.12. The number of piperidine rings is 1. The zero-order chi connectivity index (χ0) is 22.9. The van der Waals surface area contributed by atoms with Gasteiger partial charge in [-0.05, 0) is 62.7 Å². The number of aromatic nitrogens is 4. The second-order valence-corrected chi connectivity index (χ2v) is 8.90. The molecule has 5 rings (SSSR count). The molecule has 6 nitrogen and oxygen atoms in total. The summed E-state index contributed by atoms with van der Waals surface area (Å²) >= 11 is 12.4. The quantitative estimate of drug-likeness (QED) is 0.351. The number of hydrogen-bond donors (Lipinski definition) is 1. The molecule has 1 saturated heterocycles. The van der Waals surface area contributed by atoms with Crippen molar-refractivity contribution in [2.45, 2.75) is 31.9 Å². The average Bonchev–Trinajstić information content (AvgIpc) is 3.33. The lowest BCUT2D eigenvalue weighted by atomic mass is 10.1. The highest BCUT2D eigenvalue weighted by Crippen LogP contribution is 2.36. The van der Waals surface area contributed by atoms with Crippen LogP contribution in [0.15, 0.2) is 49.1 Å². The van der Waals surface area contributed by atoms with E-state index in [1.54, 1.807) is 6.92 Å². The Labute approximate surface area is 200 Å². The molecular weight excluding hydrogens is 464 g/mol. The third-order valence-corrected chi connectivity index (χ3v) is 6.70. The minimum absolute atomic E-state index is 0.0561. The van der Waals surface area contributed by atoms with E-state index < -0.39 is 11.9 Å². The maximum absolute atomic E-state index is 14.0. The molecule has 1 N–H and O–H groups in total. The minimum Gasteiger partial charge on any atom is -0.469 e. The summed E-state index contributed by atoms with van der Waals surface area (Å²) in [6, 6.07) is 9.02. The van der Waals surface area contributed by atoms with Gasteiger partial charge in [0, 0.05) is 22.3 Å². The summed E-state index contributed by atoms with van der Waals surface area (Å²) < 4.78 is 22.2. The number of nitrogens with zero attached hydrogens (tertiary/aromatic N) is 4. The Hall–Kier alpha value is -2.74. The molecule has 1 fully saturated rings. The van der Waals surface area contributed by atoms with Crippen LogP contribution in [0.2, 0.25) is 10.0 Å². The van der Waals surface area contributed by atoms with Crippen molar-refractivity contribution in [3.63, 3.8) is 0 Å².